The molecule has 2 aliphatic rings. The highest BCUT2D eigenvalue weighted by molar-refractivity contribution is 5.96. The maximum atomic E-state index is 12.7. The highest BCUT2D eigenvalue weighted by atomic mass is 16.6. The van der Waals surface area contributed by atoms with Gasteiger partial charge in [0.25, 0.3) is 0 Å². The van der Waals surface area contributed by atoms with Gasteiger partial charge in [-0.05, 0) is 31.5 Å². The van der Waals surface area contributed by atoms with Crippen molar-refractivity contribution in [2.45, 2.75) is 26.2 Å². The molecule has 1 atom stereocenters. The molecule has 1 fully saturated rings. The Balaban J connectivity index is 1.74. The SMILES string of the molecule is CCCC1(C(=O)Nc2ccc3c(c2)OCCO3)CCNC1. The topological polar surface area (TPSA) is 59.6 Å². The van der Waals surface area contributed by atoms with Gasteiger partial charge < -0.3 is 20.1 Å². The van der Waals surface area contributed by atoms with E-state index in [2.05, 4.69) is 17.6 Å². The Morgan fingerprint density at radius 1 is 1.33 bits per heavy atom. The van der Waals surface area contributed by atoms with E-state index in [0.717, 1.165) is 43.8 Å². The Kier molecular flexibility index (Phi) is 4.01. The van der Waals surface area contributed by atoms with Gasteiger partial charge in [0.05, 0.1) is 5.41 Å². The van der Waals surface area contributed by atoms with Crippen molar-refractivity contribution in [1.29, 1.82) is 0 Å². The van der Waals surface area contributed by atoms with Crippen LogP contribution < -0.4 is 20.1 Å². The molecule has 0 bridgehead atoms. The van der Waals surface area contributed by atoms with E-state index in [1.165, 1.54) is 0 Å². The number of carbonyl (C=O) groups is 1. The van der Waals surface area contributed by atoms with Gasteiger partial charge in [0, 0.05) is 18.3 Å². The van der Waals surface area contributed by atoms with Crippen molar-refractivity contribution in [3.63, 3.8) is 0 Å². The van der Waals surface area contributed by atoms with E-state index < -0.39 is 0 Å². The van der Waals surface area contributed by atoms with Crippen LogP contribution in [0.3, 0.4) is 0 Å². The number of benzene rings is 1. The van der Waals surface area contributed by atoms with E-state index in [-0.39, 0.29) is 11.3 Å². The van der Waals surface area contributed by atoms with Crippen molar-refractivity contribution < 1.29 is 14.3 Å². The maximum absolute atomic E-state index is 12.7. The quantitative estimate of drug-likeness (QED) is 0.892. The van der Waals surface area contributed by atoms with Gasteiger partial charge >= 0.3 is 0 Å². The molecular weight excluding hydrogens is 268 g/mol. The highest BCUT2D eigenvalue weighted by Crippen LogP contribution is 2.35. The van der Waals surface area contributed by atoms with Crippen molar-refractivity contribution in [1.82, 2.24) is 5.32 Å². The second-order valence-corrected chi connectivity index (χ2v) is 5.77. The lowest BCUT2D eigenvalue weighted by Gasteiger charge is -2.27. The number of carbonyl (C=O) groups excluding carboxylic acids is 1. The summed E-state index contributed by atoms with van der Waals surface area (Å²) in [5.74, 6) is 1.55. The molecule has 3 rings (SSSR count). The van der Waals surface area contributed by atoms with E-state index in [1.54, 1.807) is 0 Å². The summed E-state index contributed by atoms with van der Waals surface area (Å²) in [7, 11) is 0. The fraction of sp³-hybridized carbons (Fsp3) is 0.562. The number of nitrogens with one attached hydrogen (secondary N) is 2. The molecule has 0 spiro atoms. The van der Waals surface area contributed by atoms with Gasteiger partial charge in [0.2, 0.25) is 5.91 Å². The van der Waals surface area contributed by atoms with E-state index in [1.807, 2.05) is 18.2 Å². The molecule has 0 aromatic heterocycles. The van der Waals surface area contributed by atoms with Crippen molar-refractivity contribution >= 4 is 11.6 Å². The molecule has 5 nitrogen and oxygen atoms in total. The summed E-state index contributed by atoms with van der Waals surface area (Å²) >= 11 is 0. The minimum absolute atomic E-state index is 0.103. The molecule has 1 saturated heterocycles. The Bertz CT molecular complexity index is 524. The zero-order valence-electron chi connectivity index (χ0n) is 12.4. The van der Waals surface area contributed by atoms with Gasteiger partial charge in [-0.1, -0.05) is 13.3 Å². The van der Waals surface area contributed by atoms with Crippen LogP contribution in [-0.2, 0) is 4.79 Å². The average molecular weight is 290 g/mol. The second kappa shape index (κ2) is 5.93. The fourth-order valence-corrected chi connectivity index (χ4v) is 3.13. The van der Waals surface area contributed by atoms with Crippen molar-refractivity contribution in [3.05, 3.63) is 18.2 Å². The van der Waals surface area contributed by atoms with Crippen LogP contribution in [0.25, 0.3) is 0 Å². The number of anilines is 1. The van der Waals surface area contributed by atoms with Gasteiger partial charge in [-0.15, -0.1) is 0 Å². The van der Waals surface area contributed by atoms with Crippen LogP contribution in [0, 0.1) is 5.41 Å². The van der Waals surface area contributed by atoms with Gasteiger partial charge in [-0.25, -0.2) is 0 Å². The van der Waals surface area contributed by atoms with Crippen molar-refractivity contribution in [2.24, 2.45) is 5.41 Å². The molecule has 1 aromatic rings. The molecule has 0 radical (unpaired) electrons. The fourth-order valence-electron chi connectivity index (χ4n) is 3.13. The minimum atomic E-state index is -0.276. The molecular formula is C16H22N2O3. The predicted molar refractivity (Wildman–Crippen MR) is 80.9 cm³/mol. The number of rotatable bonds is 4. The third-order valence-electron chi connectivity index (χ3n) is 4.25. The summed E-state index contributed by atoms with van der Waals surface area (Å²) in [6, 6.07) is 5.56. The van der Waals surface area contributed by atoms with Crippen LogP contribution in [0.5, 0.6) is 11.5 Å². The van der Waals surface area contributed by atoms with Crippen molar-refractivity contribution in [3.8, 4) is 11.5 Å². The van der Waals surface area contributed by atoms with Crippen LogP contribution in [0.2, 0.25) is 0 Å². The third-order valence-corrected chi connectivity index (χ3v) is 4.25. The molecule has 2 aliphatic heterocycles. The standard InChI is InChI=1S/C16H22N2O3/c1-2-5-16(6-7-17-11-16)15(19)18-12-3-4-13-14(10-12)21-9-8-20-13/h3-4,10,17H,2,5-9,11H2,1H3,(H,18,19). The number of hydrogen-bond acceptors (Lipinski definition) is 4. The number of fused-ring (bicyclic) bond motifs is 1. The first-order valence-corrected chi connectivity index (χ1v) is 7.65. The van der Waals surface area contributed by atoms with Gasteiger partial charge in [0.1, 0.15) is 13.2 Å². The smallest absolute Gasteiger partial charge is 0.231 e. The van der Waals surface area contributed by atoms with E-state index >= 15 is 0 Å². The highest BCUT2D eigenvalue weighted by Gasteiger charge is 2.40. The summed E-state index contributed by atoms with van der Waals surface area (Å²) < 4.78 is 11.0. The first-order chi connectivity index (χ1) is 10.2. The minimum Gasteiger partial charge on any atom is -0.486 e. The molecule has 21 heavy (non-hydrogen) atoms. The van der Waals surface area contributed by atoms with Crippen molar-refractivity contribution in [2.75, 3.05) is 31.6 Å². The Labute approximate surface area is 125 Å². The van der Waals surface area contributed by atoms with Crippen LogP contribution in [0.1, 0.15) is 26.2 Å². The first-order valence-electron chi connectivity index (χ1n) is 7.65. The predicted octanol–water partition coefficient (Wildman–Crippen LogP) is 2.18. The monoisotopic (exact) mass is 290 g/mol. The van der Waals surface area contributed by atoms with Crippen LogP contribution >= 0.6 is 0 Å². The lowest BCUT2D eigenvalue weighted by molar-refractivity contribution is -0.125. The van der Waals surface area contributed by atoms with Gasteiger partial charge in [-0.3, -0.25) is 4.79 Å². The Morgan fingerprint density at radius 3 is 2.86 bits per heavy atom. The summed E-state index contributed by atoms with van der Waals surface area (Å²) in [5, 5.41) is 6.35. The van der Waals surface area contributed by atoms with Crippen LogP contribution in [-0.4, -0.2) is 32.2 Å². The zero-order valence-corrected chi connectivity index (χ0v) is 12.4. The molecule has 0 saturated carbocycles. The second-order valence-electron chi connectivity index (χ2n) is 5.77. The normalized spacial score (nSPS) is 23.9. The molecule has 0 aliphatic carbocycles. The summed E-state index contributed by atoms with van der Waals surface area (Å²) in [4.78, 5) is 12.7. The Morgan fingerprint density at radius 2 is 2.14 bits per heavy atom. The molecule has 5 heteroatoms. The van der Waals surface area contributed by atoms with E-state index in [0.29, 0.717) is 19.0 Å². The lowest BCUT2D eigenvalue weighted by atomic mass is 9.81. The zero-order chi connectivity index (χ0) is 14.7. The summed E-state index contributed by atoms with van der Waals surface area (Å²) in [6.45, 7) is 4.92. The molecule has 1 amide bonds. The van der Waals surface area contributed by atoms with Crippen LogP contribution in [0.15, 0.2) is 18.2 Å². The number of amides is 1. The maximum Gasteiger partial charge on any atom is 0.231 e. The largest absolute Gasteiger partial charge is 0.486 e. The number of ether oxygens (including phenoxy) is 2. The van der Waals surface area contributed by atoms with E-state index in [9.17, 15) is 4.79 Å². The summed E-state index contributed by atoms with van der Waals surface area (Å²) in [6.07, 6.45) is 2.82. The summed E-state index contributed by atoms with van der Waals surface area (Å²) in [5.41, 5.74) is 0.494. The lowest BCUT2D eigenvalue weighted by Crippen LogP contribution is -2.38. The molecule has 1 unspecified atom stereocenters. The molecule has 2 N–H and O–H groups in total. The van der Waals surface area contributed by atoms with E-state index in [4.69, 9.17) is 9.47 Å². The van der Waals surface area contributed by atoms with Gasteiger partial charge in [-0.2, -0.15) is 0 Å². The third kappa shape index (κ3) is 2.83. The molecule has 114 valence electrons. The average Bonchev–Trinajstić information content (AvgIpc) is 2.97. The Hall–Kier alpha value is -1.75. The number of hydrogen-bond donors (Lipinski definition) is 2. The molecule has 1 aromatic carbocycles. The first kappa shape index (κ1) is 14.2. The van der Waals surface area contributed by atoms with Gasteiger partial charge in [0.15, 0.2) is 11.5 Å². The van der Waals surface area contributed by atoms with Crippen LogP contribution in [0.4, 0.5) is 5.69 Å². The molecule has 2 heterocycles.